The second-order valence-corrected chi connectivity index (χ2v) is 4.00. The normalized spacial score (nSPS) is 22.4. The lowest BCUT2D eigenvalue weighted by atomic mass is 9.94. The maximum atomic E-state index is 4.12. The van der Waals surface area contributed by atoms with Crippen LogP contribution in [0.15, 0.2) is 0 Å². The molecule has 0 nitrogen and oxygen atoms in total. The zero-order valence-electron chi connectivity index (χ0n) is 7.81. The van der Waals surface area contributed by atoms with E-state index < -0.39 is 0 Å². The SMILES string of the molecule is [CH2]C(CC)CCC1CCCC1. The molecule has 1 rings (SSSR count). The van der Waals surface area contributed by atoms with Gasteiger partial charge in [-0.05, 0) is 11.8 Å². The number of hydrogen-bond donors (Lipinski definition) is 0. The summed E-state index contributed by atoms with van der Waals surface area (Å²) in [6.45, 7) is 6.36. The topological polar surface area (TPSA) is 0 Å². The van der Waals surface area contributed by atoms with Crippen LogP contribution in [0.25, 0.3) is 0 Å². The van der Waals surface area contributed by atoms with Gasteiger partial charge in [0.1, 0.15) is 0 Å². The Bertz CT molecular complexity index is 90.2. The molecule has 1 aliphatic rings. The van der Waals surface area contributed by atoms with Crippen molar-refractivity contribution in [3.8, 4) is 0 Å². The lowest BCUT2D eigenvalue weighted by Crippen LogP contribution is -1.98. The van der Waals surface area contributed by atoms with E-state index in [2.05, 4.69) is 13.8 Å². The van der Waals surface area contributed by atoms with Crippen molar-refractivity contribution in [2.45, 2.75) is 51.9 Å². The highest BCUT2D eigenvalue weighted by molar-refractivity contribution is 4.69. The van der Waals surface area contributed by atoms with Crippen LogP contribution in [0.5, 0.6) is 0 Å². The van der Waals surface area contributed by atoms with Crippen molar-refractivity contribution in [2.24, 2.45) is 11.8 Å². The molecular formula is C11H21. The molecule has 1 saturated carbocycles. The summed E-state index contributed by atoms with van der Waals surface area (Å²) in [5.74, 6) is 1.78. The lowest BCUT2D eigenvalue weighted by molar-refractivity contribution is 0.430. The molecule has 0 aromatic carbocycles. The molecule has 0 aromatic rings. The Balaban J connectivity index is 2.01. The molecule has 65 valence electrons. The van der Waals surface area contributed by atoms with Gasteiger partial charge in [-0.25, -0.2) is 0 Å². The molecule has 0 heterocycles. The highest BCUT2D eigenvalue weighted by Gasteiger charge is 2.14. The average Bonchev–Trinajstić information content (AvgIpc) is 2.52. The third-order valence-corrected chi connectivity index (χ3v) is 3.04. The Labute approximate surface area is 71.4 Å². The fourth-order valence-electron chi connectivity index (χ4n) is 1.97. The average molecular weight is 153 g/mol. The summed E-state index contributed by atoms with van der Waals surface area (Å²) in [6.07, 6.45) is 10.0. The van der Waals surface area contributed by atoms with Crippen LogP contribution in [0.1, 0.15) is 51.9 Å². The van der Waals surface area contributed by atoms with E-state index in [1.54, 1.807) is 0 Å². The minimum Gasteiger partial charge on any atom is -0.0651 e. The van der Waals surface area contributed by atoms with Crippen LogP contribution in [0.2, 0.25) is 0 Å². The molecule has 0 bridgehead atoms. The third-order valence-electron chi connectivity index (χ3n) is 3.04. The van der Waals surface area contributed by atoms with E-state index in [9.17, 15) is 0 Å². The molecule has 0 heteroatoms. The van der Waals surface area contributed by atoms with Crippen molar-refractivity contribution < 1.29 is 0 Å². The molecule has 0 amide bonds. The fourth-order valence-corrected chi connectivity index (χ4v) is 1.97. The molecular weight excluding hydrogens is 132 g/mol. The van der Waals surface area contributed by atoms with Crippen molar-refractivity contribution in [2.75, 3.05) is 0 Å². The van der Waals surface area contributed by atoms with Crippen LogP contribution in [0, 0.1) is 18.8 Å². The minimum absolute atomic E-state index is 0.718. The predicted octanol–water partition coefficient (Wildman–Crippen LogP) is 3.82. The van der Waals surface area contributed by atoms with Gasteiger partial charge in [-0.1, -0.05) is 58.8 Å². The van der Waals surface area contributed by atoms with E-state index in [1.165, 1.54) is 44.9 Å². The van der Waals surface area contributed by atoms with Gasteiger partial charge >= 0.3 is 0 Å². The van der Waals surface area contributed by atoms with E-state index in [0.29, 0.717) is 0 Å². The maximum absolute atomic E-state index is 4.12. The molecule has 1 aliphatic carbocycles. The first kappa shape index (κ1) is 9.09. The number of rotatable bonds is 4. The highest BCUT2D eigenvalue weighted by Crippen LogP contribution is 2.29. The lowest BCUT2D eigenvalue weighted by Gasteiger charge is -2.11. The van der Waals surface area contributed by atoms with Crippen molar-refractivity contribution in [3.63, 3.8) is 0 Å². The first-order chi connectivity index (χ1) is 5.33. The highest BCUT2D eigenvalue weighted by atomic mass is 14.2. The summed E-state index contributed by atoms with van der Waals surface area (Å²) in [7, 11) is 0. The van der Waals surface area contributed by atoms with E-state index in [4.69, 9.17) is 0 Å². The Morgan fingerprint density at radius 1 is 1.36 bits per heavy atom. The van der Waals surface area contributed by atoms with Crippen molar-refractivity contribution in [3.05, 3.63) is 6.92 Å². The molecule has 0 aliphatic heterocycles. The quantitative estimate of drug-likeness (QED) is 0.576. The van der Waals surface area contributed by atoms with Crippen LogP contribution in [0.3, 0.4) is 0 Å². The van der Waals surface area contributed by atoms with Crippen LogP contribution in [0.4, 0.5) is 0 Å². The van der Waals surface area contributed by atoms with Crippen LogP contribution >= 0.6 is 0 Å². The fraction of sp³-hybridized carbons (Fsp3) is 0.909. The molecule has 0 N–H and O–H groups in total. The van der Waals surface area contributed by atoms with Gasteiger partial charge in [0.05, 0.1) is 0 Å². The summed E-state index contributed by atoms with van der Waals surface area (Å²) in [5, 5.41) is 0. The first-order valence-corrected chi connectivity index (χ1v) is 5.16. The molecule has 1 radical (unpaired) electrons. The monoisotopic (exact) mass is 153 g/mol. The summed E-state index contributed by atoms with van der Waals surface area (Å²) in [6, 6.07) is 0. The predicted molar refractivity (Wildman–Crippen MR) is 50.3 cm³/mol. The summed E-state index contributed by atoms with van der Waals surface area (Å²) in [5.41, 5.74) is 0. The van der Waals surface area contributed by atoms with E-state index >= 15 is 0 Å². The Hall–Kier alpha value is 0. The van der Waals surface area contributed by atoms with Gasteiger partial charge in [0, 0.05) is 0 Å². The van der Waals surface area contributed by atoms with Crippen LogP contribution in [-0.2, 0) is 0 Å². The summed E-state index contributed by atoms with van der Waals surface area (Å²) in [4.78, 5) is 0. The van der Waals surface area contributed by atoms with E-state index in [0.717, 1.165) is 11.8 Å². The number of hydrogen-bond acceptors (Lipinski definition) is 0. The van der Waals surface area contributed by atoms with Crippen molar-refractivity contribution >= 4 is 0 Å². The molecule has 1 fully saturated rings. The van der Waals surface area contributed by atoms with Gasteiger partial charge < -0.3 is 0 Å². The van der Waals surface area contributed by atoms with E-state index in [1.807, 2.05) is 0 Å². The Kier molecular flexibility index (Phi) is 3.96. The molecule has 11 heavy (non-hydrogen) atoms. The van der Waals surface area contributed by atoms with Crippen molar-refractivity contribution in [1.29, 1.82) is 0 Å². The van der Waals surface area contributed by atoms with E-state index in [-0.39, 0.29) is 0 Å². The molecule has 0 aromatic heterocycles. The first-order valence-electron chi connectivity index (χ1n) is 5.16. The van der Waals surface area contributed by atoms with Crippen LogP contribution in [-0.4, -0.2) is 0 Å². The maximum Gasteiger partial charge on any atom is -0.0414 e. The minimum atomic E-state index is 0.718. The van der Waals surface area contributed by atoms with Gasteiger partial charge in [-0.2, -0.15) is 0 Å². The van der Waals surface area contributed by atoms with Gasteiger partial charge in [-0.3, -0.25) is 0 Å². The second-order valence-electron chi connectivity index (χ2n) is 4.00. The second kappa shape index (κ2) is 4.79. The van der Waals surface area contributed by atoms with Gasteiger partial charge in [0.15, 0.2) is 0 Å². The zero-order valence-corrected chi connectivity index (χ0v) is 7.81. The summed E-state index contributed by atoms with van der Waals surface area (Å²) < 4.78 is 0. The third kappa shape index (κ3) is 3.27. The Morgan fingerprint density at radius 3 is 2.55 bits per heavy atom. The summed E-state index contributed by atoms with van der Waals surface area (Å²) >= 11 is 0. The standard InChI is InChI=1S/C11H21/c1-3-10(2)8-9-11-6-4-5-7-11/h10-11H,2-9H2,1H3. The van der Waals surface area contributed by atoms with Crippen LogP contribution < -0.4 is 0 Å². The van der Waals surface area contributed by atoms with Crippen molar-refractivity contribution in [1.82, 2.24) is 0 Å². The van der Waals surface area contributed by atoms with Gasteiger partial charge in [0.25, 0.3) is 0 Å². The molecule has 0 saturated heterocycles. The zero-order chi connectivity index (χ0) is 8.10. The van der Waals surface area contributed by atoms with Gasteiger partial charge in [0.2, 0.25) is 0 Å². The molecule has 1 unspecified atom stereocenters. The Morgan fingerprint density at radius 2 is 2.00 bits per heavy atom. The van der Waals surface area contributed by atoms with Gasteiger partial charge in [-0.15, -0.1) is 0 Å². The largest absolute Gasteiger partial charge is 0.0651 e. The molecule has 0 spiro atoms. The smallest absolute Gasteiger partial charge is 0.0414 e. The molecule has 1 atom stereocenters.